The topological polar surface area (TPSA) is 64.6 Å². The standard InChI is InChI=1S/C26H27ClN4O2S/c1-33-19-6-7-20-21(10-19)29-25-22(13-32)31(11-17-2-4-18(27)5-3-17)16-26(24(20)25)14-30(15-26)12-23-28-8-9-34-23/h2-10,22,29,32H,11-16H2,1H3/t22-/m1/s1. The lowest BCUT2D eigenvalue weighted by atomic mass is 9.68. The maximum Gasteiger partial charge on any atom is 0.120 e. The van der Waals surface area contributed by atoms with Crippen LogP contribution in [-0.2, 0) is 18.5 Å². The summed E-state index contributed by atoms with van der Waals surface area (Å²) >= 11 is 7.83. The van der Waals surface area contributed by atoms with Gasteiger partial charge >= 0.3 is 0 Å². The van der Waals surface area contributed by atoms with Crippen molar-refractivity contribution in [1.29, 1.82) is 0 Å². The molecule has 34 heavy (non-hydrogen) atoms. The Labute approximate surface area is 207 Å². The molecule has 8 heteroatoms. The van der Waals surface area contributed by atoms with Gasteiger partial charge in [-0.15, -0.1) is 11.3 Å². The maximum atomic E-state index is 10.5. The van der Waals surface area contributed by atoms with Gasteiger partial charge in [-0.1, -0.05) is 23.7 Å². The van der Waals surface area contributed by atoms with Crippen molar-refractivity contribution < 1.29 is 9.84 Å². The number of nitrogens with one attached hydrogen (secondary N) is 1. The van der Waals surface area contributed by atoms with E-state index in [4.69, 9.17) is 16.3 Å². The van der Waals surface area contributed by atoms with E-state index in [0.29, 0.717) is 0 Å². The molecule has 1 fully saturated rings. The number of aliphatic hydroxyl groups excluding tert-OH is 1. The highest BCUT2D eigenvalue weighted by Crippen LogP contribution is 2.49. The van der Waals surface area contributed by atoms with E-state index in [1.165, 1.54) is 16.5 Å². The van der Waals surface area contributed by atoms with Gasteiger partial charge in [-0.25, -0.2) is 4.98 Å². The number of methoxy groups -OCH3 is 1. The molecule has 1 atom stereocenters. The van der Waals surface area contributed by atoms with Crippen LogP contribution in [0.25, 0.3) is 10.9 Å². The van der Waals surface area contributed by atoms with Crippen LogP contribution < -0.4 is 4.74 Å². The fourth-order valence-electron chi connectivity index (χ4n) is 5.81. The van der Waals surface area contributed by atoms with Gasteiger partial charge in [0.2, 0.25) is 0 Å². The van der Waals surface area contributed by atoms with E-state index in [1.807, 2.05) is 29.8 Å². The van der Waals surface area contributed by atoms with Crippen LogP contribution >= 0.6 is 22.9 Å². The molecule has 0 aliphatic carbocycles. The smallest absolute Gasteiger partial charge is 0.120 e. The summed E-state index contributed by atoms with van der Waals surface area (Å²) in [4.78, 5) is 13.0. The fraction of sp³-hybridized carbons (Fsp3) is 0.346. The van der Waals surface area contributed by atoms with Gasteiger partial charge in [-0.05, 0) is 35.4 Å². The second-order valence-corrected chi connectivity index (χ2v) is 10.8. The molecule has 0 unspecified atom stereocenters. The lowest BCUT2D eigenvalue weighted by Crippen LogP contribution is -2.65. The molecule has 176 valence electrons. The molecule has 6 rings (SSSR count). The summed E-state index contributed by atoms with van der Waals surface area (Å²) in [5.41, 5.74) is 4.73. The van der Waals surface area contributed by atoms with Gasteiger partial charge in [0.25, 0.3) is 0 Å². The molecule has 2 aromatic carbocycles. The maximum absolute atomic E-state index is 10.5. The summed E-state index contributed by atoms with van der Waals surface area (Å²) in [5.74, 6) is 0.831. The normalized spacial score (nSPS) is 19.9. The number of benzene rings is 2. The summed E-state index contributed by atoms with van der Waals surface area (Å²) in [7, 11) is 1.69. The number of aromatic nitrogens is 2. The number of halogens is 1. The number of aromatic amines is 1. The third-order valence-corrected chi connectivity index (χ3v) is 8.23. The lowest BCUT2D eigenvalue weighted by Gasteiger charge is -2.56. The van der Waals surface area contributed by atoms with E-state index in [0.717, 1.165) is 59.7 Å². The number of ether oxygens (including phenoxy) is 1. The minimum atomic E-state index is -0.0947. The Balaban J connectivity index is 1.39. The number of thiazole rings is 1. The third kappa shape index (κ3) is 3.72. The zero-order valence-electron chi connectivity index (χ0n) is 19.0. The number of aliphatic hydroxyl groups is 1. The van der Waals surface area contributed by atoms with Gasteiger partial charge in [0.05, 0.1) is 26.3 Å². The molecule has 4 heterocycles. The zero-order valence-corrected chi connectivity index (χ0v) is 20.6. The van der Waals surface area contributed by atoms with Gasteiger partial charge in [0, 0.05) is 70.9 Å². The van der Waals surface area contributed by atoms with Crippen LogP contribution in [0.4, 0.5) is 0 Å². The van der Waals surface area contributed by atoms with Crippen molar-refractivity contribution >= 4 is 33.8 Å². The number of hydrogen-bond donors (Lipinski definition) is 2. The number of likely N-dealkylation sites (tertiary alicyclic amines) is 1. The predicted octanol–water partition coefficient (Wildman–Crippen LogP) is 4.59. The highest BCUT2D eigenvalue weighted by atomic mass is 35.5. The average Bonchev–Trinajstić information content (AvgIpc) is 3.47. The van der Waals surface area contributed by atoms with Crippen molar-refractivity contribution in [3.05, 3.63) is 80.9 Å². The lowest BCUT2D eigenvalue weighted by molar-refractivity contribution is -0.0119. The van der Waals surface area contributed by atoms with Crippen LogP contribution in [0.3, 0.4) is 0 Å². The molecule has 0 radical (unpaired) electrons. The Morgan fingerprint density at radius 1 is 1.18 bits per heavy atom. The molecule has 4 aromatic rings. The van der Waals surface area contributed by atoms with Crippen molar-refractivity contribution in [2.75, 3.05) is 33.4 Å². The molecule has 2 N–H and O–H groups in total. The van der Waals surface area contributed by atoms with Gasteiger partial charge < -0.3 is 14.8 Å². The monoisotopic (exact) mass is 494 g/mol. The van der Waals surface area contributed by atoms with Crippen molar-refractivity contribution in [3.63, 3.8) is 0 Å². The largest absolute Gasteiger partial charge is 0.497 e. The van der Waals surface area contributed by atoms with Crippen LogP contribution in [0.15, 0.2) is 54.0 Å². The first-order valence-electron chi connectivity index (χ1n) is 11.5. The second kappa shape index (κ2) is 8.66. The molecule has 2 aliphatic heterocycles. The van der Waals surface area contributed by atoms with Gasteiger partial charge in [-0.2, -0.15) is 0 Å². The highest BCUT2D eigenvalue weighted by Gasteiger charge is 2.52. The van der Waals surface area contributed by atoms with Crippen molar-refractivity contribution in [1.82, 2.24) is 19.8 Å². The molecular formula is C26H27ClN4O2S. The van der Waals surface area contributed by atoms with Crippen molar-refractivity contribution in [2.45, 2.75) is 24.5 Å². The Kier molecular flexibility index (Phi) is 5.62. The molecule has 6 nitrogen and oxygen atoms in total. The number of nitrogens with zero attached hydrogens (tertiary/aromatic N) is 3. The SMILES string of the molecule is COc1ccc2c3c([nH]c2c1)[C@@H](CO)N(Cc1ccc(Cl)cc1)CC31CN(Cc2nccs2)C1. The van der Waals surface area contributed by atoms with Crippen LogP contribution in [0, 0.1) is 0 Å². The van der Waals surface area contributed by atoms with Crippen molar-refractivity contribution in [2.24, 2.45) is 0 Å². The number of H-pyrrole nitrogens is 1. The van der Waals surface area contributed by atoms with Crippen LogP contribution in [0.2, 0.25) is 5.02 Å². The number of rotatable bonds is 6. The average molecular weight is 495 g/mol. The minimum Gasteiger partial charge on any atom is -0.497 e. The molecule has 2 aromatic heterocycles. The van der Waals surface area contributed by atoms with Crippen LogP contribution in [0.5, 0.6) is 5.75 Å². The van der Waals surface area contributed by atoms with E-state index < -0.39 is 0 Å². The summed E-state index contributed by atoms with van der Waals surface area (Å²) in [6, 6.07) is 14.2. The number of hydrogen-bond acceptors (Lipinski definition) is 6. The predicted molar refractivity (Wildman–Crippen MR) is 136 cm³/mol. The summed E-state index contributed by atoms with van der Waals surface area (Å²) in [5, 5.41) is 15.7. The molecule has 1 spiro atoms. The van der Waals surface area contributed by atoms with E-state index in [-0.39, 0.29) is 18.1 Å². The molecule has 1 saturated heterocycles. The fourth-order valence-corrected chi connectivity index (χ4v) is 6.59. The Morgan fingerprint density at radius 3 is 2.71 bits per heavy atom. The van der Waals surface area contributed by atoms with Crippen LogP contribution in [-0.4, -0.2) is 58.2 Å². The van der Waals surface area contributed by atoms with Crippen molar-refractivity contribution in [3.8, 4) is 5.75 Å². The third-order valence-electron chi connectivity index (χ3n) is 7.21. The van der Waals surface area contributed by atoms with Gasteiger partial charge in [-0.3, -0.25) is 9.80 Å². The van der Waals surface area contributed by atoms with E-state index >= 15 is 0 Å². The zero-order chi connectivity index (χ0) is 23.3. The molecular weight excluding hydrogens is 468 g/mol. The molecule has 0 saturated carbocycles. The first-order chi connectivity index (χ1) is 16.6. The highest BCUT2D eigenvalue weighted by molar-refractivity contribution is 7.09. The molecule has 0 amide bonds. The minimum absolute atomic E-state index is 0.00245. The van der Waals surface area contributed by atoms with Crippen LogP contribution in [0.1, 0.15) is 27.9 Å². The van der Waals surface area contributed by atoms with E-state index in [9.17, 15) is 5.11 Å². The van der Waals surface area contributed by atoms with E-state index in [2.05, 4.69) is 44.0 Å². The molecule has 2 aliphatic rings. The quantitative estimate of drug-likeness (QED) is 0.410. The first-order valence-corrected chi connectivity index (χ1v) is 12.7. The molecule has 0 bridgehead atoms. The Morgan fingerprint density at radius 2 is 2.00 bits per heavy atom. The Bertz CT molecular complexity index is 1300. The second-order valence-electron chi connectivity index (χ2n) is 9.41. The van der Waals surface area contributed by atoms with Gasteiger partial charge in [0.15, 0.2) is 0 Å². The van der Waals surface area contributed by atoms with E-state index in [1.54, 1.807) is 18.4 Å². The number of fused-ring (bicyclic) bond motifs is 4. The summed E-state index contributed by atoms with van der Waals surface area (Å²) in [6.45, 7) is 4.52. The first kappa shape index (κ1) is 22.1. The summed E-state index contributed by atoms with van der Waals surface area (Å²) in [6.07, 6.45) is 1.88. The van der Waals surface area contributed by atoms with Gasteiger partial charge in [0.1, 0.15) is 10.8 Å². The Hall–Kier alpha value is -2.42. The summed E-state index contributed by atoms with van der Waals surface area (Å²) < 4.78 is 5.48.